The highest BCUT2D eigenvalue weighted by molar-refractivity contribution is 7.13. The number of amides is 3. The Bertz CT molecular complexity index is 890. The van der Waals surface area contributed by atoms with Crippen molar-refractivity contribution >= 4 is 34.2 Å². The Balaban J connectivity index is 1.86. The second-order valence-electron chi connectivity index (χ2n) is 6.61. The van der Waals surface area contributed by atoms with Gasteiger partial charge >= 0.3 is 0 Å². The van der Waals surface area contributed by atoms with Crippen molar-refractivity contribution in [1.29, 1.82) is 0 Å². The van der Waals surface area contributed by atoms with Crippen LogP contribution >= 0.6 is 11.3 Å². The van der Waals surface area contributed by atoms with Crippen molar-refractivity contribution in [2.24, 2.45) is 5.92 Å². The molecule has 0 bridgehead atoms. The van der Waals surface area contributed by atoms with E-state index in [0.717, 1.165) is 12.1 Å². The Labute approximate surface area is 156 Å². The topological polar surface area (TPSA) is 79.4 Å². The predicted octanol–water partition coefficient (Wildman–Crippen LogP) is 3.73. The lowest BCUT2D eigenvalue weighted by Crippen LogP contribution is -2.41. The van der Waals surface area contributed by atoms with Crippen LogP contribution in [0.25, 0.3) is 0 Å². The molecule has 6 nitrogen and oxygen atoms in total. The first-order chi connectivity index (χ1) is 12.3. The third-order valence-corrected chi connectivity index (χ3v) is 5.77. The van der Waals surface area contributed by atoms with E-state index in [9.17, 15) is 14.4 Å². The zero-order valence-electron chi connectivity index (χ0n) is 15.2. The van der Waals surface area contributed by atoms with Gasteiger partial charge in [0.2, 0.25) is 0 Å². The van der Waals surface area contributed by atoms with Crippen molar-refractivity contribution < 1.29 is 14.4 Å². The van der Waals surface area contributed by atoms with Crippen LogP contribution in [0.4, 0.5) is 5.13 Å². The number of hydrogen-bond donors (Lipinski definition) is 1. The second kappa shape index (κ2) is 6.99. The van der Waals surface area contributed by atoms with Crippen LogP contribution in [0.1, 0.15) is 64.0 Å². The van der Waals surface area contributed by atoms with Crippen molar-refractivity contribution in [3.05, 3.63) is 46.0 Å². The zero-order valence-corrected chi connectivity index (χ0v) is 16.0. The Morgan fingerprint density at radius 2 is 1.92 bits per heavy atom. The summed E-state index contributed by atoms with van der Waals surface area (Å²) in [7, 11) is 0. The summed E-state index contributed by atoms with van der Waals surface area (Å²) in [5.74, 6) is -0.776. The first-order valence-electron chi connectivity index (χ1n) is 8.58. The number of fused-ring (bicyclic) bond motifs is 1. The van der Waals surface area contributed by atoms with Crippen LogP contribution in [0.15, 0.2) is 23.6 Å². The Morgan fingerprint density at radius 1 is 1.23 bits per heavy atom. The summed E-state index contributed by atoms with van der Waals surface area (Å²) in [5, 5.41) is 5.06. The molecule has 3 rings (SSSR count). The minimum Gasteiger partial charge on any atom is -0.298 e. The number of aromatic nitrogens is 1. The van der Waals surface area contributed by atoms with Gasteiger partial charge in [-0.05, 0) is 38.0 Å². The van der Waals surface area contributed by atoms with E-state index < -0.39 is 0 Å². The largest absolute Gasteiger partial charge is 0.298 e. The number of anilines is 1. The van der Waals surface area contributed by atoms with Crippen molar-refractivity contribution in [2.45, 2.75) is 40.2 Å². The van der Waals surface area contributed by atoms with Crippen LogP contribution < -0.4 is 5.32 Å². The first kappa shape index (κ1) is 18.3. The minimum absolute atomic E-state index is 0.192. The van der Waals surface area contributed by atoms with E-state index in [4.69, 9.17) is 0 Å². The van der Waals surface area contributed by atoms with Gasteiger partial charge < -0.3 is 0 Å². The van der Waals surface area contributed by atoms with Crippen LogP contribution in [-0.4, -0.2) is 33.6 Å². The van der Waals surface area contributed by atoms with Gasteiger partial charge in [-0.25, -0.2) is 4.98 Å². The van der Waals surface area contributed by atoms with Gasteiger partial charge in [-0.15, -0.1) is 11.3 Å². The van der Waals surface area contributed by atoms with E-state index in [2.05, 4.69) is 10.3 Å². The molecule has 1 aromatic carbocycles. The van der Waals surface area contributed by atoms with Crippen molar-refractivity contribution in [2.75, 3.05) is 5.32 Å². The van der Waals surface area contributed by atoms with Crippen LogP contribution in [0.3, 0.4) is 0 Å². The number of imide groups is 1. The van der Waals surface area contributed by atoms with Crippen LogP contribution in [-0.2, 0) is 0 Å². The molecule has 7 heteroatoms. The van der Waals surface area contributed by atoms with Crippen LogP contribution in [0.2, 0.25) is 0 Å². The molecular weight excluding hydrogens is 350 g/mol. The van der Waals surface area contributed by atoms with E-state index >= 15 is 0 Å². The summed E-state index contributed by atoms with van der Waals surface area (Å²) in [6, 6.07) is 4.43. The van der Waals surface area contributed by atoms with Crippen molar-refractivity contribution in [3.8, 4) is 0 Å². The molecule has 26 heavy (non-hydrogen) atoms. The fourth-order valence-electron chi connectivity index (χ4n) is 2.95. The number of nitrogens with zero attached hydrogens (tertiary/aromatic N) is 2. The number of benzene rings is 1. The first-order valence-corrected chi connectivity index (χ1v) is 9.46. The van der Waals surface area contributed by atoms with Gasteiger partial charge in [-0.2, -0.15) is 0 Å². The monoisotopic (exact) mass is 371 g/mol. The lowest BCUT2D eigenvalue weighted by atomic mass is 9.99. The third-order valence-electron chi connectivity index (χ3n) is 4.89. The maximum Gasteiger partial charge on any atom is 0.261 e. The molecule has 2 heterocycles. The summed E-state index contributed by atoms with van der Waals surface area (Å²) in [4.78, 5) is 43.3. The number of nitrogens with one attached hydrogen (secondary N) is 1. The zero-order chi connectivity index (χ0) is 19.0. The number of carbonyl (C=O) groups is 3. The maximum atomic E-state index is 12.8. The number of hydrogen-bond acceptors (Lipinski definition) is 5. The van der Waals surface area contributed by atoms with E-state index in [1.165, 1.54) is 22.3 Å². The molecule has 1 aliphatic rings. The van der Waals surface area contributed by atoms with Gasteiger partial charge in [-0.1, -0.05) is 20.3 Å². The van der Waals surface area contributed by atoms with Crippen molar-refractivity contribution in [1.82, 2.24) is 9.88 Å². The summed E-state index contributed by atoms with van der Waals surface area (Å²) < 4.78 is 0. The summed E-state index contributed by atoms with van der Waals surface area (Å²) in [6.07, 6.45) is 0.870. The SMILES string of the molecule is CCC(C)C(C)N1C(=O)c2ccc(C(=O)Nc3nc(C)cs3)cc2C1=O. The lowest BCUT2D eigenvalue weighted by molar-refractivity contribution is 0.0550. The molecule has 1 N–H and O–H groups in total. The molecule has 0 aliphatic carbocycles. The van der Waals surface area contributed by atoms with E-state index in [1.807, 2.05) is 33.1 Å². The summed E-state index contributed by atoms with van der Waals surface area (Å²) >= 11 is 1.34. The molecule has 2 aromatic rings. The third kappa shape index (κ3) is 3.14. The fraction of sp³-hybridized carbons (Fsp3) is 0.368. The lowest BCUT2D eigenvalue weighted by Gasteiger charge is -2.27. The van der Waals surface area contributed by atoms with Crippen molar-refractivity contribution in [3.63, 3.8) is 0 Å². The Morgan fingerprint density at radius 3 is 2.54 bits per heavy atom. The number of carbonyl (C=O) groups excluding carboxylic acids is 3. The molecule has 136 valence electrons. The molecule has 2 unspecified atom stereocenters. The molecule has 0 spiro atoms. The van der Waals surface area contributed by atoms with Crippen LogP contribution in [0.5, 0.6) is 0 Å². The van der Waals surface area contributed by atoms with E-state index in [0.29, 0.717) is 16.3 Å². The second-order valence-corrected chi connectivity index (χ2v) is 7.47. The van der Waals surface area contributed by atoms with E-state index in [-0.39, 0.29) is 35.2 Å². The fourth-order valence-corrected chi connectivity index (χ4v) is 3.63. The van der Waals surface area contributed by atoms with Gasteiger partial charge in [0.15, 0.2) is 5.13 Å². The molecule has 0 radical (unpaired) electrons. The standard InChI is InChI=1S/C19H21N3O3S/c1-5-10(2)12(4)22-17(24)14-7-6-13(8-15(14)18(22)25)16(23)21-19-20-11(3)9-26-19/h6-10,12H,5H2,1-4H3,(H,20,21,23). The predicted molar refractivity (Wildman–Crippen MR) is 101 cm³/mol. The smallest absolute Gasteiger partial charge is 0.261 e. The minimum atomic E-state index is -0.351. The highest BCUT2D eigenvalue weighted by atomic mass is 32.1. The average molecular weight is 371 g/mol. The summed E-state index contributed by atoms with van der Waals surface area (Å²) in [6.45, 7) is 7.78. The van der Waals surface area contributed by atoms with E-state index in [1.54, 1.807) is 12.1 Å². The molecule has 1 aromatic heterocycles. The van der Waals surface area contributed by atoms with Gasteiger partial charge in [0.05, 0.1) is 16.8 Å². The number of thiazole rings is 1. The molecular formula is C19H21N3O3S. The molecule has 1 aliphatic heterocycles. The average Bonchev–Trinajstić information content (AvgIpc) is 3.14. The molecule has 2 atom stereocenters. The van der Waals surface area contributed by atoms with Gasteiger partial charge in [0, 0.05) is 17.0 Å². The highest BCUT2D eigenvalue weighted by Crippen LogP contribution is 2.29. The summed E-state index contributed by atoms with van der Waals surface area (Å²) in [5.41, 5.74) is 1.80. The number of rotatable bonds is 5. The maximum absolute atomic E-state index is 12.8. The number of aryl methyl sites for hydroxylation is 1. The highest BCUT2D eigenvalue weighted by Gasteiger charge is 2.40. The Hall–Kier alpha value is -2.54. The molecule has 0 saturated heterocycles. The van der Waals surface area contributed by atoms with Gasteiger partial charge in [0.1, 0.15) is 0 Å². The molecule has 0 fully saturated rings. The molecule has 3 amide bonds. The van der Waals surface area contributed by atoms with Gasteiger partial charge in [0.25, 0.3) is 17.7 Å². The quantitative estimate of drug-likeness (QED) is 0.812. The normalized spacial score (nSPS) is 15.8. The molecule has 0 saturated carbocycles. The Kier molecular flexibility index (Phi) is 4.91. The van der Waals surface area contributed by atoms with Crippen LogP contribution in [0, 0.1) is 12.8 Å². The van der Waals surface area contributed by atoms with Gasteiger partial charge in [-0.3, -0.25) is 24.6 Å².